The maximum atomic E-state index is 13.2. The molecule has 70 valence electrons. The largest absolute Gasteiger partial charge is 0.467 e. The lowest BCUT2D eigenvalue weighted by molar-refractivity contribution is -0.146. The second-order valence-electron chi connectivity index (χ2n) is 2.44. The van der Waals surface area contributed by atoms with E-state index in [0.717, 1.165) is 3.57 Å². The van der Waals surface area contributed by atoms with Crippen LogP contribution >= 0.6 is 22.6 Å². The van der Waals surface area contributed by atoms with Gasteiger partial charge in [-0.1, -0.05) is 12.1 Å². The highest BCUT2D eigenvalue weighted by atomic mass is 127. The zero-order valence-corrected chi connectivity index (χ0v) is 9.12. The maximum Gasteiger partial charge on any atom is 0.345 e. The van der Waals surface area contributed by atoms with Crippen molar-refractivity contribution in [3.05, 3.63) is 33.4 Å². The van der Waals surface area contributed by atoms with Crippen LogP contribution in [-0.4, -0.2) is 13.1 Å². The van der Waals surface area contributed by atoms with Gasteiger partial charge in [-0.3, -0.25) is 0 Å². The number of rotatable bonds is 2. The Morgan fingerprint density at radius 1 is 1.46 bits per heavy atom. The van der Waals surface area contributed by atoms with Crippen LogP contribution in [0.2, 0.25) is 0 Å². The van der Waals surface area contributed by atoms with Crippen LogP contribution in [0.15, 0.2) is 24.3 Å². The second kappa shape index (κ2) is 4.55. The number of hydrogen-bond acceptors (Lipinski definition) is 2. The SMILES string of the molecule is COC(=O)C(F)c1ccc(I)cc1. The van der Waals surface area contributed by atoms with E-state index in [4.69, 9.17) is 0 Å². The lowest BCUT2D eigenvalue weighted by Crippen LogP contribution is -2.09. The zero-order chi connectivity index (χ0) is 9.84. The molecule has 0 fully saturated rings. The third-order valence-corrected chi connectivity index (χ3v) is 2.29. The molecule has 0 aliphatic rings. The highest BCUT2D eigenvalue weighted by Gasteiger charge is 2.19. The van der Waals surface area contributed by atoms with Gasteiger partial charge >= 0.3 is 5.97 Å². The van der Waals surface area contributed by atoms with Crippen LogP contribution in [-0.2, 0) is 9.53 Å². The van der Waals surface area contributed by atoms with Crippen molar-refractivity contribution >= 4 is 28.6 Å². The van der Waals surface area contributed by atoms with E-state index in [0.29, 0.717) is 5.56 Å². The summed E-state index contributed by atoms with van der Waals surface area (Å²) in [6, 6.07) is 6.63. The molecule has 0 N–H and O–H groups in total. The van der Waals surface area contributed by atoms with Gasteiger partial charge in [-0.25, -0.2) is 9.18 Å². The van der Waals surface area contributed by atoms with E-state index in [1.165, 1.54) is 7.11 Å². The van der Waals surface area contributed by atoms with Gasteiger partial charge in [-0.15, -0.1) is 0 Å². The summed E-state index contributed by atoms with van der Waals surface area (Å²) in [5.41, 5.74) is 0.326. The smallest absolute Gasteiger partial charge is 0.345 e. The van der Waals surface area contributed by atoms with E-state index in [1.54, 1.807) is 24.3 Å². The summed E-state index contributed by atoms with van der Waals surface area (Å²) in [5.74, 6) is -0.860. The summed E-state index contributed by atoms with van der Waals surface area (Å²) in [6.45, 7) is 0. The molecule has 0 aliphatic heterocycles. The lowest BCUT2D eigenvalue weighted by Gasteiger charge is -2.05. The summed E-state index contributed by atoms with van der Waals surface area (Å²) in [7, 11) is 1.17. The maximum absolute atomic E-state index is 13.2. The van der Waals surface area contributed by atoms with Crippen LogP contribution in [0.3, 0.4) is 0 Å². The Labute approximate surface area is 89.2 Å². The predicted molar refractivity (Wildman–Crippen MR) is 55.0 cm³/mol. The van der Waals surface area contributed by atoms with Crippen molar-refractivity contribution in [2.24, 2.45) is 0 Å². The Kier molecular flexibility index (Phi) is 3.65. The number of ether oxygens (including phenoxy) is 1. The highest BCUT2D eigenvalue weighted by molar-refractivity contribution is 14.1. The fourth-order valence-corrected chi connectivity index (χ4v) is 1.23. The van der Waals surface area contributed by atoms with Gasteiger partial charge in [-0.05, 0) is 40.3 Å². The minimum absolute atomic E-state index is 0.326. The van der Waals surface area contributed by atoms with Crippen LogP contribution in [0.25, 0.3) is 0 Å². The molecule has 0 bridgehead atoms. The molecule has 0 aromatic heterocycles. The summed E-state index contributed by atoms with van der Waals surface area (Å²) >= 11 is 2.11. The molecule has 13 heavy (non-hydrogen) atoms. The Hall–Kier alpha value is -0.650. The third-order valence-electron chi connectivity index (χ3n) is 1.57. The first kappa shape index (κ1) is 10.4. The number of benzene rings is 1. The van der Waals surface area contributed by atoms with Gasteiger partial charge in [0.2, 0.25) is 6.17 Å². The molecule has 1 aromatic rings. The first-order chi connectivity index (χ1) is 6.15. The summed E-state index contributed by atoms with van der Waals surface area (Å²) in [6.07, 6.45) is -1.68. The van der Waals surface area contributed by atoms with Crippen molar-refractivity contribution in [3.8, 4) is 0 Å². The number of halogens is 2. The molecular weight excluding hydrogens is 286 g/mol. The average Bonchev–Trinajstić information content (AvgIpc) is 2.17. The van der Waals surface area contributed by atoms with Crippen LogP contribution in [0, 0.1) is 3.57 Å². The standard InChI is InChI=1S/C9H8FIO2/c1-13-9(12)8(10)6-2-4-7(11)5-3-6/h2-5,8H,1H3. The van der Waals surface area contributed by atoms with Crippen molar-refractivity contribution in [1.82, 2.24) is 0 Å². The first-order valence-electron chi connectivity index (χ1n) is 3.62. The topological polar surface area (TPSA) is 26.3 Å². The van der Waals surface area contributed by atoms with Gasteiger partial charge in [0.15, 0.2) is 0 Å². The van der Waals surface area contributed by atoms with Crippen LogP contribution in [0.1, 0.15) is 11.7 Å². The molecule has 0 spiro atoms. The molecule has 0 radical (unpaired) electrons. The average molecular weight is 294 g/mol. The molecule has 1 aromatic carbocycles. The van der Waals surface area contributed by atoms with E-state index in [-0.39, 0.29) is 0 Å². The minimum atomic E-state index is -1.68. The number of carbonyl (C=O) groups excluding carboxylic acids is 1. The molecule has 1 unspecified atom stereocenters. The minimum Gasteiger partial charge on any atom is -0.467 e. The van der Waals surface area contributed by atoms with Gasteiger partial charge in [0, 0.05) is 3.57 Å². The number of alkyl halides is 1. The molecule has 0 saturated heterocycles. The van der Waals surface area contributed by atoms with Gasteiger partial charge in [-0.2, -0.15) is 0 Å². The molecule has 0 heterocycles. The van der Waals surface area contributed by atoms with Crippen LogP contribution in [0.5, 0.6) is 0 Å². The fraction of sp³-hybridized carbons (Fsp3) is 0.222. The third kappa shape index (κ3) is 2.65. The van der Waals surface area contributed by atoms with Crippen LogP contribution in [0.4, 0.5) is 4.39 Å². The molecule has 0 aliphatic carbocycles. The molecule has 2 nitrogen and oxygen atoms in total. The summed E-state index contributed by atoms with van der Waals surface area (Å²) < 4.78 is 18.5. The van der Waals surface area contributed by atoms with Gasteiger partial charge in [0.05, 0.1) is 7.11 Å². The molecule has 0 saturated carbocycles. The van der Waals surface area contributed by atoms with E-state index in [9.17, 15) is 9.18 Å². The van der Waals surface area contributed by atoms with Crippen LogP contribution < -0.4 is 0 Å². The predicted octanol–water partition coefficient (Wildman–Crippen LogP) is 2.47. The first-order valence-corrected chi connectivity index (χ1v) is 4.70. The zero-order valence-electron chi connectivity index (χ0n) is 6.96. The van der Waals surface area contributed by atoms with E-state index in [2.05, 4.69) is 27.3 Å². The van der Waals surface area contributed by atoms with Crippen molar-refractivity contribution in [1.29, 1.82) is 0 Å². The normalized spacial score (nSPS) is 12.2. The Bertz CT molecular complexity index is 297. The molecule has 0 amide bonds. The van der Waals surface area contributed by atoms with E-state index < -0.39 is 12.1 Å². The van der Waals surface area contributed by atoms with Gasteiger partial charge in [0.25, 0.3) is 0 Å². The molecule has 4 heteroatoms. The van der Waals surface area contributed by atoms with E-state index >= 15 is 0 Å². The highest BCUT2D eigenvalue weighted by Crippen LogP contribution is 2.19. The lowest BCUT2D eigenvalue weighted by atomic mass is 10.1. The Morgan fingerprint density at radius 2 is 2.00 bits per heavy atom. The summed E-state index contributed by atoms with van der Waals surface area (Å²) in [5, 5.41) is 0. The number of hydrogen-bond donors (Lipinski definition) is 0. The quantitative estimate of drug-likeness (QED) is 0.619. The Morgan fingerprint density at radius 3 is 2.46 bits per heavy atom. The van der Waals surface area contributed by atoms with Crippen molar-refractivity contribution in [3.63, 3.8) is 0 Å². The van der Waals surface area contributed by atoms with Crippen molar-refractivity contribution in [2.45, 2.75) is 6.17 Å². The van der Waals surface area contributed by atoms with Crippen molar-refractivity contribution < 1.29 is 13.9 Å². The van der Waals surface area contributed by atoms with Gasteiger partial charge in [0.1, 0.15) is 0 Å². The fourth-order valence-electron chi connectivity index (χ4n) is 0.871. The van der Waals surface area contributed by atoms with Gasteiger partial charge < -0.3 is 4.74 Å². The molecule has 1 atom stereocenters. The molecule has 1 rings (SSSR count). The monoisotopic (exact) mass is 294 g/mol. The van der Waals surface area contributed by atoms with E-state index in [1.807, 2.05) is 0 Å². The number of esters is 1. The number of methoxy groups -OCH3 is 1. The van der Waals surface area contributed by atoms with Crippen molar-refractivity contribution in [2.75, 3.05) is 7.11 Å². The molecular formula is C9H8FIO2. The number of carbonyl (C=O) groups is 1. The Balaban J connectivity index is 2.83. The summed E-state index contributed by atoms with van der Waals surface area (Å²) in [4.78, 5) is 10.8. The second-order valence-corrected chi connectivity index (χ2v) is 3.68.